The van der Waals surface area contributed by atoms with E-state index in [1.807, 2.05) is 0 Å². The number of hydrogen-bond donors (Lipinski definition) is 1. The summed E-state index contributed by atoms with van der Waals surface area (Å²) in [6.45, 7) is 4.49. The lowest BCUT2D eigenvalue weighted by atomic mass is 9.42. The van der Waals surface area contributed by atoms with E-state index in [1.165, 1.54) is 7.11 Å². The van der Waals surface area contributed by atoms with E-state index in [0.717, 1.165) is 31.3 Å². The number of ketones is 2. The van der Waals surface area contributed by atoms with Crippen LogP contribution in [0.2, 0.25) is 0 Å². The number of carbonyl (C=O) groups is 3. The summed E-state index contributed by atoms with van der Waals surface area (Å²) in [7, 11) is 1.44. The van der Waals surface area contributed by atoms with Crippen LogP contribution < -0.4 is 0 Å². The molecule has 5 aliphatic carbocycles. The summed E-state index contributed by atoms with van der Waals surface area (Å²) in [6.07, 6.45) is 7.96. The highest BCUT2D eigenvalue weighted by Gasteiger charge is 2.69. The van der Waals surface area contributed by atoms with Gasteiger partial charge < -0.3 is 9.84 Å². The molecule has 30 heavy (non-hydrogen) atoms. The first kappa shape index (κ1) is 20.4. The number of allylic oxidation sites excluding steroid dienone is 1. The molecule has 5 rings (SSSR count). The average molecular weight is 415 g/mol. The lowest BCUT2D eigenvalue weighted by Gasteiger charge is -2.62. The van der Waals surface area contributed by atoms with E-state index in [9.17, 15) is 19.5 Å². The van der Waals surface area contributed by atoms with Gasteiger partial charge in [-0.25, -0.2) is 0 Å². The van der Waals surface area contributed by atoms with E-state index in [-0.39, 0.29) is 45.8 Å². The number of fused-ring (bicyclic) bond motifs is 6. The second-order valence-electron chi connectivity index (χ2n) is 11.3. The average Bonchev–Trinajstić information content (AvgIpc) is 3.21. The fourth-order valence-corrected chi connectivity index (χ4v) is 8.91. The molecule has 164 valence electrons. The van der Waals surface area contributed by atoms with Crippen molar-refractivity contribution >= 4 is 17.5 Å². The summed E-state index contributed by atoms with van der Waals surface area (Å²) in [5.74, 6) is 0.241. The minimum Gasteiger partial charge on any atom is -0.469 e. The summed E-state index contributed by atoms with van der Waals surface area (Å²) < 4.78 is 5.24. The number of hydrogen-bond acceptors (Lipinski definition) is 5. The smallest absolute Gasteiger partial charge is 0.309 e. The molecule has 0 heterocycles. The third kappa shape index (κ3) is 2.47. The Morgan fingerprint density at radius 2 is 1.93 bits per heavy atom. The van der Waals surface area contributed by atoms with Crippen molar-refractivity contribution in [3.05, 3.63) is 11.6 Å². The van der Waals surface area contributed by atoms with Crippen molar-refractivity contribution in [2.24, 2.45) is 39.9 Å². The van der Waals surface area contributed by atoms with Gasteiger partial charge in [0.2, 0.25) is 0 Å². The number of carbonyl (C=O) groups excluding carboxylic acids is 3. The molecule has 4 saturated carbocycles. The van der Waals surface area contributed by atoms with Gasteiger partial charge in [-0.3, -0.25) is 14.4 Å². The minimum atomic E-state index is -0.531. The van der Waals surface area contributed by atoms with Crippen molar-refractivity contribution in [3.8, 4) is 0 Å². The molecule has 0 aromatic carbocycles. The van der Waals surface area contributed by atoms with Gasteiger partial charge in [0.05, 0.1) is 19.1 Å². The molecule has 5 heteroatoms. The van der Waals surface area contributed by atoms with Crippen LogP contribution in [0.4, 0.5) is 0 Å². The molecular formula is C25H34O5. The lowest BCUT2D eigenvalue weighted by Crippen LogP contribution is -2.61. The highest BCUT2D eigenvalue weighted by molar-refractivity contribution is 5.92. The number of rotatable bonds is 1. The van der Waals surface area contributed by atoms with Gasteiger partial charge in [0.15, 0.2) is 5.78 Å². The molecule has 8 atom stereocenters. The first-order chi connectivity index (χ1) is 14.1. The number of aliphatic hydroxyl groups is 1. The van der Waals surface area contributed by atoms with Crippen LogP contribution in [0, 0.1) is 39.9 Å². The van der Waals surface area contributed by atoms with Crippen LogP contribution in [0.15, 0.2) is 11.6 Å². The highest BCUT2D eigenvalue weighted by atomic mass is 16.5. The SMILES string of the molecule is COC(=O)[C@@H]1CC2=CC(=O)CCC2(C)C2C1C1CC[C@@]3(CCC(=O)C3)C1(C)C[C@H]2O. The normalized spacial score (nSPS) is 50.0. The number of Topliss-reactive ketones (excluding diaryl/α,β-unsaturated/α-hetero) is 1. The van der Waals surface area contributed by atoms with Crippen LogP contribution in [0.1, 0.15) is 71.6 Å². The van der Waals surface area contributed by atoms with E-state index in [1.54, 1.807) is 6.08 Å². The maximum absolute atomic E-state index is 13.0. The van der Waals surface area contributed by atoms with E-state index < -0.39 is 6.10 Å². The zero-order valence-electron chi connectivity index (χ0n) is 18.4. The molecule has 1 spiro atoms. The number of aliphatic hydroxyl groups excluding tert-OH is 1. The van der Waals surface area contributed by atoms with E-state index >= 15 is 0 Å². The Hall–Kier alpha value is -1.49. The Balaban J connectivity index is 1.62. The molecule has 4 fully saturated rings. The van der Waals surface area contributed by atoms with E-state index in [4.69, 9.17) is 4.74 Å². The summed E-state index contributed by atoms with van der Waals surface area (Å²) in [5.41, 5.74) is 0.627. The lowest BCUT2D eigenvalue weighted by molar-refractivity contribution is -0.179. The molecule has 0 amide bonds. The van der Waals surface area contributed by atoms with Gasteiger partial charge in [-0.2, -0.15) is 0 Å². The predicted octanol–water partition coefficient (Wildman–Crippen LogP) is 3.63. The largest absolute Gasteiger partial charge is 0.469 e. The molecule has 0 aromatic heterocycles. The minimum absolute atomic E-state index is 0.0269. The van der Waals surface area contributed by atoms with Crippen molar-refractivity contribution in [3.63, 3.8) is 0 Å². The van der Waals surface area contributed by atoms with Gasteiger partial charge in [-0.05, 0) is 78.6 Å². The molecule has 0 aromatic rings. The third-order valence-corrected chi connectivity index (χ3v) is 10.4. The molecule has 1 N–H and O–H groups in total. The van der Waals surface area contributed by atoms with E-state index in [2.05, 4.69) is 13.8 Å². The fraction of sp³-hybridized carbons (Fsp3) is 0.800. The molecule has 0 radical (unpaired) electrons. The quantitative estimate of drug-likeness (QED) is 0.663. The molecule has 5 nitrogen and oxygen atoms in total. The van der Waals surface area contributed by atoms with Gasteiger partial charge in [-0.15, -0.1) is 0 Å². The van der Waals surface area contributed by atoms with Gasteiger partial charge >= 0.3 is 5.97 Å². The van der Waals surface area contributed by atoms with Gasteiger partial charge in [0.1, 0.15) is 5.78 Å². The Morgan fingerprint density at radius 3 is 2.60 bits per heavy atom. The zero-order chi connectivity index (χ0) is 21.5. The van der Waals surface area contributed by atoms with Crippen molar-refractivity contribution < 1.29 is 24.2 Å². The molecule has 0 saturated heterocycles. The maximum Gasteiger partial charge on any atom is 0.309 e. The van der Waals surface area contributed by atoms with Crippen LogP contribution in [0.25, 0.3) is 0 Å². The molecule has 0 aliphatic heterocycles. The van der Waals surface area contributed by atoms with Crippen molar-refractivity contribution in [1.82, 2.24) is 0 Å². The highest BCUT2D eigenvalue weighted by Crippen LogP contribution is 2.73. The maximum atomic E-state index is 13.0. The third-order valence-electron chi connectivity index (χ3n) is 10.4. The summed E-state index contributed by atoms with van der Waals surface area (Å²) in [5, 5.41) is 11.6. The molecule has 0 bridgehead atoms. The van der Waals surface area contributed by atoms with Crippen molar-refractivity contribution in [2.45, 2.75) is 77.7 Å². The number of methoxy groups -OCH3 is 1. The number of ether oxygens (including phenoxy) is 1. The van der Waals surface area contributed by atoms with Crippen LogP contribution in [-0.4, -0.2) is 35.9 Å². The second kappa shape index (κ2) is 6.51. The standard InChI is InChI=1S/C25H34O5/c1-23-7-4-15(26)10-14(23)11-17(22(29)30-3)20-18-6-9-25(8-5-16(27)12-25)24(18,2)13-19(28)21(20)23/h10,17-21,28H,4-9,11-13H2,1-3H3/t17-,18?,19-,20?,21?,23?,24?,25-/m1/s1. The van der Waals surface area contributed by atoms with Gasteiger partial charge in [0, 0.05) is 19.3 Å². The van der Waals surface area contributed by atoms with Gasteiger partial charge in [0.25, 0.3) is 0 Å². The van der Waals surface area contributed by atoms with Crippen LogP contribution >= 0.6 is 0 Å². The van der Waals surface area contributed by atoms with Crippen molar-refractivity contribution in [1.29, 1.82) is 0 Å². The monoisotopic (exact) mass is 414 g/mol. The predicted molar refractivity (Wildman–Crippen MR) is 110 cm³/mol. The molecule has 5 aliphatic rings. The van der Waals surface area contributed by atoms with Crippen molar-refractivity contribution in [2.75, 3.05) is 7.11 Å². The second-order valence-corrected chi connectivity index (χ2v) is 11.3. The summed E-state index contributed by atoms with van der Waals surface area (Å²) in [4.78, 5) is 37.5. The summed E-state index contributed by atoms with van der Waals surface area (Å²) in [6, 6.07) is 0. The Kier molecular flexibility index (Phi) is 4.43. The first-order valence-corrected chi connectivity index (χ1v) is 11.7. The summed E-state index contributed by atoms with van der Waals surface area (Å²) >= 11 is 0. The first-order valence-electron chi connectivity index (χ1n) is 11.7. The topological polar surface area (TPSA) is 80.7 Å². The van der Waals surface area contributed by atoms with Crippen LogP contribution in [0.3, 0.4) is 0 Å². The zero-order valence-corrected chi connectivity index (χ0v) is 18.4. The van der Waals surface area contributed by atoms with E-state index in [0.29, 0.717) is 43.8 Å². The Labute approximate surface area is 178 Å². The molecule has 5 unspecified atom stereocenters. The Morgan fingerprint density at radius 1 is 1.17 bits per heavy atom. The van der Waals surface area contributed by atoms with Crippen LogP contribution in [0.5, 0.6) is 0 Å². The fourth-order valence-electron chi connectivity index (χ4n) is 8.91. The van der Waals surface area contributed by atoms with Gasteiger partial charge in [-0.1, -0.05) is 19.4 Å². The van der Waals surface area contributed by atoms with Crippen LogP contribution in [-0.2, 0) is 19.1 Å². The molecular weight excluding hydrogens is 380 g/mol. The number of esters is 1. The Bertz CT molecular complexity index is 844.